The molecule has 2 N–H and O–H groups in total. The van der Waals surface area contributed by atoms with Crippen molar-refractivity contribution in [3.63, 3.8) is 0 Å². The Labute approximate surface area is 223 Å². The number of aromatic amines is 1. The summed E-state index contributed by atoms with van der Waals surface area (Å²) in [6, 6.07) is 10.8. The molecule has 7 nitrogen and oxygen atoms in total. The van der Waals surface area contributed by atoms with Crippen LogP contribution in [0.4, 0.5) is 5.69 Å². The number of halogens is 1. The number of imide groups is 1. The minimum atomic E-state index is -0.408. The van der Waals surface area contributed by atoms with Crippen LogP contribution in [0.3, 0.4) is 0 Å². The lowest BCUT2D eigenvalue weighted by Gasteiger charge is -2.42. The summed E-state index contributed by atoms with van der Waals surface area (Å²) in [6.45, 7) is -0.287. The standard InChI is InChI=1S/C25H20ClN3O4S3/c26-10-3-5-11(6-4-10)27-15(30)9-29-23(31)17-12-8-13(18(17)24(29)32)20-16(12)19(14-2-1-7-34-14)21-22(35-20)28-25(33)36-21/h1-7,12-13,16-20H,8-9H2,(H,27,30)(H,28,33). The molecule has 3 fully saturated rings. The van der Waals surface area contributed by atoms with Crippen LogP contribution in [0.25, 0.3) is 0 Å². The van der Waals surface area contributed by atoms with Gasteiger partial charge in [0.1, 0.15) is 6.54 Å². The summed E-state index contributed by atoms with van der Waals surface area (Å²) in [5.74, 6) is -1.33. The number of thioether (sulfide) groups is 1. The van der Waals surface area contributed by atoms with Crippen LogP contribution in [0.1, 0.15) is 22.1 Å². The molecule has 0 spiro atoms. The number of hydrogen-bond acceptors (Lipinski definition) is 7. The maximum atomic E-state index is 13.6. The Balaban J connectivity index is 1.17. The molecule has 36 heavy (non-hydrogen) atoms. The predicted molar refractivity (Wildman–Crippen MR) is 140 cm³/mol. The number of amides is 3. The van der Waals surface area contributed by atoms with Crippen molar-refractivity contribution in [3.05, 3.63) is 66.2 Å². The van der Waals surface area contributed by atoms with Crippen LogP contribution < -0.4 is 10.2 Å². The van der Waals surface area contributed by atoms with E-state index in [9.17, 15) is 19.2 Å². The Morgan fingerprint density at radius 2 is 1.83 bits per heavy atom. The highest BCUT2D eigenvalue weighted by Crippen LogP contribution is 2.68. The molecule has 1 aromatic carbocycles. The fraction of sp³-hybridized carbons (Fsp3) is 0.360. The van der Waals surface area contributed by atoms with Gasteiger partial charge in [-0.1, -0.05) is 29.0 Å². The molecule has 7 atom stereocenters. The van der Waals surface area contributed by atoms with E-state index in [1.807, 2.05) is 11.4 Å². The number of anilines is 1. The van der Waals surface area contributed by atoms with E-state index >= 15 is 0 Å². The molecule has 7 unspecified atom stereocenters. The number of rotatable bonds is 4. The normalized spacial score (nSPS) is 31.9. The van der Waals surface area contributed by atoms with E-state index in [2.05, 4.69) is 16.4 Å². The van der Waals surface area contributed by atoms with Gasteiger partial charge in [0.2, 0.25) is 17.7 Å². The van der Waals surface area contributed by atoms with Crippen LogP contribution in [0.5, 0.6) is 0 Å². The summed E-state index contributed by atoms with van der Waals surface area (Å²) in [5.41, 5.74) is 0.560. The highest BCUT2D eigenvalue weighted by atomic mass is 35.5. The van der Waals surface area contributed by atoms with E-state index in [1.54, 1.807) is 47.4 Å². The van der Waals surface area contributed by atoms with Crippen molar-refractivity contribution in [1.29, 1.82) is 0 Å². The number of carbonyl (C=O) groups excluding carboxylic acids is 3. The monoisotopic (exact) mass is 557 g/mol. The van der Waals surface area contributed by atoms with Crippen molar-refractivity contribution in [1.82, 2.24) is 9.88 Å². The predicted octanol–water partition coefficient (Wildman–Crippen LogP) is 4.26. The van der Waals surface area contributed by atoms with Gasteiger partial charge >= 0.3 is 4.87 Å². The number of nitrogens with one attached hydrogen (secondary N) is 2. The lowest BCUT2D eigenvalue weighted by atomic mass is 9.69. The quantitative estimate of drug-likeness (QED) is 0.467. The summed E-state index contributed by atoms with van der Waals surface area (Å²) in [4.78, 5) is 58.4. The smallest absolute Gasteiger partial charge is 0.305 e. The largest absolute Gasteiger partial charge is 0.325 e. The molecule has 2 bridgehead atoms. The van der Waals surface area contributed by atoms with Crippen molar-refractivity contribution in [2.45, 2.75) is 22.6 Å². The highest BCUT2D eigenvalue weighted by molar-refractivity contribution is 8.00. The zero-order chi connectivity index (χ0) is 24.7. The number of benzene rings is 1. The van der Waals surface area contributed by atoms with Crippen LogP contribution in [-0.4, -0.2) is 39.4 Å². The van der Waals surface area contributed by atoms with Gasteiger partial charge in [0.05, 0.1) is 16.9 Å². The van der Waals surface area contributed by atoms with Gasteiger partial charge in [0.25, 0.3) is 0 Å². The molecule has 4 aliphatic rings. The third-order valence-corrected chi connectivity index (χ3v) is 11.9. The second-order valence-corrected chi connectivity index (χ2v) is 13.4. The molecule has 1 saturated heterocycles. The summed E-state index contributed by atoms with van der Waals surface area (Å²) in [6.07, 6.45) is 0.834. The minimum absolute atomic E-state index is 0.0507. The van der Waals surface area contributed by atoms with Gasteiger partial charge in [-0.2, -0.15) is 0 Å². The molecule has 11 heteroatoms. The van der Waals surface area contributed by atoms with Crippen LogP contribution >= 0.6 is 46.0 Å². The number of carbonyl (C=O) groups is 3. The molecule has 184 valence electrons. The first-order chi connectivity index (χ1) is 17.4. The maximum Gasteiger partial charge on any atom is 0.305 e. The Kier molecular flexibility index (Phi) is 5.25. The number of fused-ring (bicyclic) bond motifs is 9. The van der Waals surface area contributed by atoms with Crippen LogP contribution in [-0.2, 0) is 14.4 Å². The second kappa shape index (κ2) is 8.31. The molecule has 2 aliphatic heterocycles. The van der Waals surface area contributed by atoms with Gasteiger partial charge in [-0.15, -0.1) is 23.1 Å². The molecule has 3 aromatic rings. The number of thiazole rings is 1. The summed E-state index contributed by atoms with van der Waals surface area (Å²) < 4.78 is 0. The first kappa shape index (κ1) is 22.8. The fourth-order valence-corrected chi connectivity index (χ4v) is 10.9. The molecule has 2 aromatic heterocycles. The second-order valence-electron chi connectivity index (χ2n) is 9.79. The number of hydrogen-bond donors (Lipinski definition) is 2. The van der Waals surface area contributed by atoms with Crippen LogP contribution in [0.15, 0.2) is 51.6 Å². The summed E-state index contributed by atoms with van der Waals surface area (Å²) >= 11 is 10.5. The molecule has 2 saturated carbocycles. The number of thiophene rings is 1. The molecule has 7 rings (SSSR count). The van der Waals surface area contributed by atoms with E-state index < -0.39 is 17.7 Å². The van der Waals surface area contributed by atoms with Gasteiger partial charge in [-0.25, -0.2) is 0 Å². The molecule has 0 radical (unpaired) electrons. The van der Waals surface area contributed by atoms with Crippen molar-refractivity contribution < 1.29 is 14.4 Å². The number of H-pyrrole nitrogens is 1. The fourth-order valence-electron chi connectivity index (χ4n) is 6.90. The Morgan fingerprint density at radius 1 is 1.08 bits per heavy atom. The van der Waals surface area contributed by atoms with E-state index in [1.165, 1.54) is 21.1 Å². The number of likely N-dealkylation sites (tertiary alicyclic amines) is 1. The van der Waals surface area contributed by atoms with Crippen LogP contribution in [0, 0.1) is 29.6 Å². The van der Waals surface area contributed by atoms with Crippen molar-refractivity contribution in [2.24, 2.45) is 29.6 Å². The SMILES string of the molecule is O=C(CN1C(=O)C2C3CC(C2C1=O)C1C(c2cccs2)c2sc(=O)[nH]c2SC31)Nc1ccc(Cl)cc1. The Hall–Kier alpha value is -2.40. The van der Waals surface area contributed by atoms with Crippen molar-refractivity contribution in [2.75, 3.05) is 11.9 Å². The van der Waals surface area contributed by atoms with E-state index in [-0.39, 0.29) is 52.2 Å². The van der Waals surface area contributed by atoms with Gasteiger partial charge in [-0.3, -0.25) is 24.1 Å². The van der Waals surface area contributed by atoms with E-state index in [0.29, 0.717) is 10.7 Å². The number of aromatic nitrogens is 1. The molecular formula is C25H20ClN3O4S3. The number of nitrogens with zero attached hydrogens (tertiary/aromatic N) is 1. The van der Waals surface area contributed by atoms with Crippen LogP contribution in [0.2, 0.25) is 5.02 Å². The van der Waals surface area contributed by atoms with Crippen molar-refractivity contribution >= 4 is 69.4 Å². The van der Waals surface area contributed by atoms with Crippen molar-refractivity contribution in [3.8, 4) is 0 Å². The molecule has 4 heterocycles. The molecule has 3 amide bonds. The summed E-state index contributed by atoms with van der Waals surface area (Å²) in [5, 5.41) is 6.41. The Bertz CT molecular complexity index is 1450. The van der Waals surface area contributed by atoms with Gasteiger partial charge in [0, 0.05) is 31.6 Å². The first-order valence-corrected chi connectivity index (χ1v) is 14.7. The average Bonchev–Trinajstić information content (AvgIpc) is 3.66. The summed E-state index contributed by atoms with van der Waals surface area (Å²) in [7, 11) is 0. The zero-order valence-electron chi connectivity index (χ0n) is 18.7. The third-order valence-electron chi connectivity index (χ3n) is 8.09. The lowest BCUT2D eigenvalue weighted by Crippen LogP contribution is -2.42. The highest BCUT2D eigenvalue weighted by Gasteiger charge is 2.69. The van der Waals surface area contributed by atoms with Gasteiger partial charge in [-0.05, 0) is 59.9 Å². The zero-order valence-corrected chi connectivity index (χ0v) is 21.9. The average molecular weight is 558 g/mol. The van der Waals surface area contributed by atoms with E-state index in [0.717, 1.165) is 16.3 Å². The molecular weight excluding hydrogens is 538 g/mol. The minimum Gasteiger partial charge on any atom is -0.325 e. The first-order valence-electron chi connectivity index (χ1n) is 11.7. The van der Waals surface area contributed by atoms with Gasteiger partial charge < -0.3 is 10.3 Å². The third kappa shape index (κ3) is 3.31. The van der Waals surface area contributed by atoms with Gasteiger partial charge in [0.15, 0.2) is 0 Å². The maximum absolute atomic E-state index is 13.6. The molecule has 2 aliphatic carbocycles. The Morgan fingerprint density at radius 3 is 2.56 bits per heavy atom. The van der Waals surface area contributed by atoms with E-state index in [4.69, 9.17) is 11.6 Å². The lowest BCUT2D eigenvalue weighted by molar-refractivity contribution is -0.143. The topological polar surface area (TPSA) is 99.3 Å².